The predicted molar refractivity (Wildman–Crippen MR) is 119 cm³/mol. The van der Waals surface area contributed by atoms with Gasteiger partial charge in [-0.05, 0) is 20.8 Å². The molecule has 0 aromatic carbocycles. The van der Waals surface area contributed by atoms with Gasteiger partial charge in [0.2, 0.25) is 0 Å². The summed E-state index contributed by atoms with van der Waals surface area (Å²) in [5.74, 6) is -1.16. The predicted octanol–water partition coefficient (Wildman–Crippen LogP) is 2.33. The van der Waals surface area contributed by atoms with Gasteiger partial charge in [0.15, 0.2) is 0 Å². The highest BCUT2D eigenvalue weighted by atomic mass is 16.2. The summed E-state index contributed by atoms with van der Waals surface area (Å²) in [7, 11) is 0. The number of aromatic nitrogens is 3. The summed E-state index contributed by atoms with van der Waals surface area (Å²) in [4.78, 5) is 46.0. The van der Waals surface area contributed by atoms with E-state index >= 15 is 0 Å². The Bertz CT molecular complexity index is 1220. The Kier molecular flexibility index (Phi) is 6.34. The van der Waals surface area contributed by atoms with Gasteiger partial charge in [-0.15, -0.1) is 0 Å². The highest BCUT2D eigenvalue weighted by molar-refractivity contribution is 6.09. The van der Waals surface area contributed by atoms with Crippen LogP contribution in [0, 0.1) is 32.1 Å². The molecule has 0 fully saturated rings. The van der Waals surface area contributed by atoms with E-state index in [-0.39, 0.29) is 30.5 Å². The lowest BCUT2D eigenvalue weighted by atomic mass is 10.2. The van der Waals surface area contributed by atoms with Crippen LogP contribution in [-0.2, 0) is 0 Å². The van der Waals surface area contributed by atoms with Crippen LogP contribution in [-0.4, -0.2) is 39.2 Å². The Morgan fingerprint density at radius 3 is 1.78 bits per heavy atom. The molecule has 11 heteroatoms. The zero-order chi connectivity index (χ0) is 23.4. The van der Waals surface area contributed by atoms with Crippen molar-refractivity contribution in [2.24, 2.45) is 0 Å². The van der Waals surface area contributed by atoms with Crippen molar-refractivity contribution in [2.75, 3.05) is 22.9 Å². The lowest BCUT2D eigenvalue weighted by Gasteiger charge is -2.07. The van der Waals surface area contributed by atoms with Crippen molar-refractivity contribution in [3.05, 3.63) is 52.4 Å². The lowest BCUT2D eigenvalue weighted by molar-refractivity contribution is 0.0947. The fourth-order valence-corrected chi connectivity index (χ4v) is 3.16. The molecule has 0 aliphatic carbocycles. The van der Waals surface area contributed by atoms with Gasteiger partial charge in [0.25, 0.3) is 17.7 Å². The second-order valence-electron chi connectivity index (χ2n) is 7.22. The van der Waals surface area contributed by atoms with Crippen molar-refractivity contribution in [1.82, 2.24) is 20.3 Å². The van der Waals surface area contributed by atoms with Crippen LogP contribution in [0.2, 0.25) is 0 Å². The molecule has 0 aliphatic rings. The van der Waals surface area contributed by atoms with E-state index in [1.807, 2.05) is 6.07 Å². The quantitative estimate of drug-likeness (QED) is 0.280. The molecule has 3 aromatic heterocycles. The Balaban J connectivity index is 1.70. The highest BCUT2D eigenvalue weighted by Gasteiger charge is 2.21. The molecule has 0 radical (unpaired) electrons. The zero-order valence-corrected chi connectivity index (χ0v) is 17.9. The number of carbonyl (C=O) groups excluding carboxylic acids is 3. The number of carbonyl (C=O) groups is 3. The number of nitrogen functional groups attached to an aromatic ring is 1. The highest BCUT2D eigenvalue weighted by Crippen LogP contribution is 2.24. The molecule has 0 saturated heterocycles. The van der Waals surface area contributed by atoms with Crippen LogP contribution < -0.4 is 21.7 Å². The topological polar surface area (TPSA) is 184 Å². The first-order chi connectivity index (χ1) is 15.2. The normalized spacial score (nSPS) is 10.4. The number of hydrogen-bond donors (Lipinski definition) is 7. The molecule has 0 spiro atoms. The van der Waals surface area contributed by atoms with Crippen LogP contribution in [0.3, 0.4) is 0 Å². The smallest absolute Gasteiger partial charge is 0.272 e. The molecule has 3 amide bonds. The second-order valence-corrected chi connectivity index (χ2v) is 7.22. The van der Waals surface area contributed by atoms with Crippen LogP contribution in [0.5, 0.6) is 0 Å². The Morgan fingerprint density at radius 1 is 0.844 bits per heavy atom. The van der Waals surface area contributed by atoms with Crippen molar-refractivity contribution < 1.29 is 14.4 Å². The summed E-state index contributed by atoms with van der Waals surface area (Å²) in [6.45, 7) is 5.37. The maximum Gasteiger partial charge on any atom is 0.272 e. The minimum atomic E-state index is -0.429. The summed E-state index contributed by atoms with van der Waals surface area (Å²) in [6, 6.07) is 1.95. The van der Waals surface area contributed by atoms with Gasteiger partial charge in [0.05, 0.1) is 29.6 Å². The van der Waals surface area contributed by atoms with Crippen LogP contribution in [0.25, 0.3) is 0 Å². The van der Waals surface area contributed by atoms with E-state index in [1.54, 1.807) is 27.0 Å². The van der Waals surface area contributed by atoms with E-state index in [4.69, 9.17) is 11.0 Å². The molecule has 11 nitrogen and oxygen atoms in total. The monoisotopic (exact) mass is 436 g/mol. The average Bonchev–Trinajstić information content (AvgIpc) is 3.41. The van der Waals surface area contributed by atoms with Crippen LogP contribution in [0.15, 0.2) is 18.6 Å². The number of aromatic amines is 3. The molecule has 32 heavy (non-hydrogen) atoms. The Morgan fingerprint density at radius 2 is 1.31 bits per heavy atom. The van der Waals surface area contributed by atoms with E-state index in [2.05, 4.69) is 30.9 Å². The minimum Gasteiger partial charge on any atom is -0.397 e. The number of amides is 3. The van der Waals surface area contributed by atoms with E-state index in [9.17, 15) is 14.4 Å². The van der Waals surface area contributed by atoms with Gasteiger partial charge in [-0.3, -0.25) is 14.4 Å². The standard InChI is InChI=1S/C21H24N8O3/c1-10-13(23)7-25-16(10)20(31)28-15-9-27-18(12(15)3)21(32)29-14-8-26-17(11(14)2)19(30)24-6-4-5-22/h7-9,25-27H,4,6,23H2,1-3H3,(H,24,30)(H,28,31)(H,29,32). The molecular formula is C21H24N8O3. The SMILES string of the molecule is Cc1c(N)c[nH]c1C(=O)Nc1c[nH]c(C(=O)Nc2c[nH]c(C(=O)NCCC#N)c2C)c1C. The number of rotatable bonds is 7. The first-order valence-corrected chi connectivity index (χ1v) is 9.81. The van der Waals surface area contributed by atoms with Gasteiger partial charge < -0.3 is 36.6 Å². The number of hydrogen-bond acceptors (Lipinski definition) is 5. The lowest BCUT2D eigenvalue weighted by Crippen LogP contribution is -2.25. The number of nitriles is 1. The first-order valence-electron chi connectivity index (χ1n) is 9.81. The number of nitrogens with two attached hydrogens (primary N) is 1. The fraction of sp³-hybridized carbons (Fsp3) is 0.238. The molecule has 3 heterocycles. The van der Waals surface area contributed by atoms with Crippen LogP contribution in [0.4, 0.5) is 17.1 Å². The average molecular weight is 436 g/mol. The second kappa shape index (κ2) is 9.13. The van der Waals surface area contributed by atoms with Gasteiger partial charge in [0.1, 0.15) is 17.1 Å². The van der Waals surface area contributed by atoms with E-state index in [1.165, 1.54) is 12.4 Å². The number of nitrogens with one attached hydrogen (secondary N) is 6. The first kappa shape index (κ1) is 22.2. The molecule has 0 saturated carbocycles. The molecule has 0 bridgehead atoms. The van der Waals surface area contributed by atoms with Crippen molar-refractivity contribution in [2.45, 2.75) is 27.2 Å². The molecule has 3 aromatic rings. The van der Waals surface area contributed by atoms with E-state index in [0.717, 1.165) is 0 Å². The van der Waals surface area contributed by atoms with Crippen LogP contribution in [0.1, 0.15) is 54.6 Å². The largest absolute Gasteiger partial charge is 0.397 e. The van der Waals surface area contributed by atoms with Crippen molar-refractivity contribution >= 4 is 34.8 Å². The third-order valence-electron chi connectivity index (χ3n) is 5.16. The maximum atomic E-state index is 12.8. The molecule has 8 N–H and O–H groups in total. The molecule has 0 aliphatic heterocycles. The van der Waals surface area contributed by atoms with Crippen LogP contribution >= 0.6 is 0 Å². The molecule has 3 rings (SSSR count). The Labute approximate surface area is 183 Å². The molecule has 0 atom stereocenters. The van der Waals surface area contributed by atoms with E-state index in [0.29, 0.717) is 45.1 Å². The van der Waals surface area contributed by atoms with Crippen molar-refractivity contribution in [3.63, 3.8) is 0 Å². The van der Waals surface area contributed by atoms with Gasteiger partial charge in [0, 0.05) is 41.8 Å². The molecule has 0 unspecified atom stereocenters. The third kappa shape index (κ3) is 4.34. The molecular weight excluding hydrogens is 412 g/mol. The van der Waals surface area contributed by atoms with Gasteiger partial charge >= 0.3 is 0 Å². The van der Waals surface area contributed by atoms with Crippen molar-refractivity contribution in [3.8, 4) is 6.07 Å². The number of H-pyrrole nitrogens is 3. The summed E-state index contributed by atoms with van der Waals surface area (Å²) in [6.07, 6.45) is 4.80. The molecule has 166 valence electrons. The number of anilines is 3. The van der Waals surface area contributed by atoms with Crippen molar-refractivity contribution in [1.29, 1.82) is 5.26 Å². The minimum absolute atomic E-state index is 0.205. The van der Waals surface area contributed by atoms with E-state index < -0.39 is 5.91 Å². The Hall–Kier alpha value is -4.46. The summed E-state index contributed by atoms with van der Waals surface area (Å²) in [5.41, 5.74) is 9.82. The summed E-state index contributed by atoms with van der Waals surface area (Å²) in [5, 5.41) is 16.7. The maximum absolute atomic E-state index is 12.8. The number of nitrogens with zero attached hydrogens (tertiary/aromatic N) is 1. The zero-order valence-electron chi connectivity index (χ0n) is 17.9. The summed E-state index contributed by atoms with van der Waals surface area (Å²) < 4.78 is 0. The van der Waals surface area contributed by atoms with Gasteiger partial charge in [-0.25, -0.2) is 0 Å². The third-order valence-corrected chi connectivity index (χ3v) is 5.16. The van der Waals surface area contributed by atoms with Gasteiger partial charge in [-0.2, -0.15) is 5.26 Å². The fourth-order valence-electron chi connectivity index (χ4n) is 3.16. The summed E-state index contributed by atoms with van der Waals surface area (Å²) >= 11 is 0. The van der Waals surface area contributed by atoms with Gasteiger partial charge in [-0.1, -0.05) is 0 Å².